The van der Waals surface area contributed by atoms with Gasteiger partial charge in [-0.1, -0.05) is 0 Å². The summed E-state index contributed by atoms with van der Waals surface area (Å²) >= 11 is 0. The zero-order valence-electron chi connectivity index (χ0n) is 20.0. The number of aryl methyl sites for hydroxylation is 1. The van der Waals surface area contributed by atoms with Crippen LogP contribution in [0.2, 0.25) is 0 Å². The molecule has 39 heavy (non-hydrogen) atoms. The Morgan fingerprint density at radius 1 is 0.462 bits per heavy atom. The molecular formula is C30H16O9. The number of aliphatic hydroxyl groups excluding tert-OH is 1. The Hall–Kier alpha value is -5.28. The van der Waals surface area contributed by atoms with Gasteiger partial charge in [0, 0.05) is 55.2 Å². The van der Waals surface area contributed by atoms with Crippen LogP contribution in [-0.2, 0) is 6.61 Å². The molecule has 0 unspecified atom stereocenters. The van der Waals surface area contributed by atoms with Crippen molar-refractivity contribution in [3.8, 4) is 34.5 Å². The van der Waals surface area contributed by atoms with Crippen LogP contribution in [0.1, 0.15) is 11.1 Å². The summed E-state index contributed by atoms with van der Waals surface area (Å²) in [5, 5.41) is 78.5. The van der Waals surface area contributed by atoms with Crippen molar-refractivity contribution in [1.82, 2.24) is 0 Å². The van der Waals surface area contributed by atoms with Crippen molar-refractivity contribution in [2.45, 2.75) is 13.5 Å². The summed E-state index contributed by atoms with van der Waals surface area (Å²) in [4.78, 5) is 26.9. The van der Waals surface area contributed by atoms with E-state index in [9.17, 15) is 45.3 Å². The lowest BCUT2D eigenvalue weighted by atomic mass is 9.77. The molecule has 0 amide bonds. The van der Waals surface area contributed by atoms with Gasteiger partial charge in [0.2, 0.25) is 0 Å². The van der Waals surface area contributed by atoms with E-state index in [2.05, 4.69) is 0 Å². The molecule has 7 N–H and O–H groups in total. The van der Waals surface area contributed by atoms with Crippen LogP contribution in [0.25, 0.3) is 75.4 Å². The van der Waals surface area contributed by atoms with Gasteiger partial charge in [-0.2, -0.15) is 0 Å². The van der Waals surface area contributed by atoms with E-state index in [1.807, 2.05) is 0 Å². The van der Waals surface area contributed by atoms with Gasteiger partial charge in [-0.25, -0.2) is 0 Å². The number of rotatable bonds is 1. The minimum atomic E-state index is -0.730. The number of phenols is 6. The van der Waals surface area contributed by atoms with E-state index in [1.165, 1.54) is 12.1 Å². The maximum Gasteiger partial charge on any atom is 0.190 e. The van der Waals surface area contributed by atoms with E-state index in [0.29, 0.717) is 21.7 Å². The van der Waals surface area contributed by atoms with E-state index < -0.39 is 46.2 Å². The maximum absolute atomic E-state index is 13.4. The lowest BCUT2D eigenvalue weighted by Gasteiger charge is -2.26. The molecule has 0 heterocycles. The number of fused-ring (bicyclic) bond motifs is 2. The molecule has 0 fully saturated rings. The lowest BCUT2D eigenvalue weighted by Crippen LogP contribution is -2.10. The van der Waals surface area contributed by atoms with E-state index in [4.69, 9.17) is 0 Å². The monoisotopic (exact) mass is 520 g/mol. The van der Waals surface area contributed by atoms with Gasteiger partial charge in [-0.05, 0) is 41.0 Å². The van der Waals surface area contributed by atoms with Crippen LogP contribution in [0.3, 0.4) is 0 Å². The molecule has 0 aromatic heterocycles. The molecule has 0 spiro atoms. The van der Waals surface area contributed by atoms with Crippen LogP contribution < -0.4 is 10.9 Å². The molecule has 8 aromatic carbocycles. The van der Waals surface area contributed by atoms with Gasteiger partial charge in [0.15, 0.2) is 10.9 Å². The minimum absolute atomic E-state index is 0.0269. The zero-order chi connectivity index (χ0) is 27.4. The molecule has 9 nitrogen and oxygen atoms in total. The molecule has 0 atom stereocenters. The third kappa shape index (κ3) is 2.12. The Morgan fingerprint density at radius 2 is 0.821 bits per heavy atom. The van der Waals surface area contributed by atoms with E-state index >= 15 is 0 Å². The Labute approximate surface area is 215 Å². The van der Waals surface area contributed by atoms with Crippen molar-refractivity contribution in [1.29, 1.82) is 0 Å². The zero-order valence-corrected chi connectivity index (χ0v) is 20.0. The van der Waals surface area contributed by atoms with E-state index in [-0.39, 0.29) is 70.6 Å². The summed E-state index contributed by atoms with van der Waals surface area (Å²) in [6, 6.07) is 4.44. The standard InChI is InChI=1S/C30H16O9/c1-7-2-9(32)19-23-15(7)16-8(6-31)3-10(33)20-24(16)28-26-18(12(35)5-14(37)22(26)30(20)39)17-11(34)4-13(36)21(29(19)38)25(17)27(23)28/h2-5,31-33,36-39H,6H2,1H3. The van der Waals surface area contributed by atoms with Gasteiger partial charge in [0.1, 0.15) is 34.5 Å². The number of aromatic hydroxyl groups is 6. The molecule has 0 radical (unpaired) electrons. The first-order valence-corrected chi connectivity index (χ1v) is 12.0. The maximum atomic E-state index is 13.4. The fourth-order valence-corrected chi connectivity index (χ4v) is 7.00. The van der Waals surface area contributed by atoms with Crippen LogP contribution in [0.4, 0.5) is 0 Å². The summed E-state index contributed by atoms with van der Waals surface area (Å²) in [6.45, 7) is 1.18. The van der Waals surface area contributed by atoms with E-state index in [0.717, 1.165) is 12.1 Å². The second-order valence-corrected chi connectivity index (χ2v) is 10.2. The summed E-state index contributed by atoms with van der Waals surface area (Å²) < 4.78 is 0. The molecule has 0 aliphatic carbocycles. The topological polar surface area (TPSA) is 176 Å². The third-order valence-corrected chi connectivity index (χ3v) is 8.30. The number of phenolic OH excluding ortho intramolecular Hbond substituents is 6. The van der Waals surface area contributed by atoms with Crippen LogP contribution in [0.5, 0.6) is 34.5 Å². The lowest BCUT2D eigenvalue weighted by molar-refractivity contribution is 0.283. The smallest absolute Gasteiger partial charge is 0.190 e. The highest BCUT2D eigenvalue weighted by atomic mass is 16.3. The second-order valence-electron chi connectivity index (χ2n) is 10.2. The first-order chi connectivity index (χ1) is 18.6. The molecular weight excluding hydrogens is 504 g/mol. The van der Waals surface area contributed by atoms with Gasteiger partial charge in [-0.15, -0.1) is 0 Å². The molecule has 8 aromatic rings. The van der Waals surface area contributed by atoms with Gasteiger partial charge in [-0.3, -0.25) is 9.59 Å². The Balaban J connectivity index is 2.03. The van der Waals surface area contributed by atoms with Crippen molar-refractivity contribution < 1.29 is 35.7 Å². The van der Waals surface area contributed by atoms with Crippen LogP contribution >= 0.6 is 0 Å². The first-order valence-electron chi connectivity index (χ1n) is 12.0. The highest BCUT2D eigenvalue weighted by Crippen LogP contribution is 2.59. The number of aliphatic hydroxyl groups is 1. The van der Waals surface area contributed by atoms with Crippen LogP contribution in [0, 0.1) is 6.92 Å². The molecule has 190 valence electrons. The van der Waals surface area contributed by atoms with Crippen molar-refractivity contribution >= 4 is 75.4 Å². The molecule has 9 heteroatoms. The fourth-order valence-electron chi connectivity index (χ4n) is 7.00. The summed E-state index contributed by atoms with van der Waals surface area (Å²) in [6.07, 6.45) is 0. The average Bonchev–Trinajstić information content (AvgIpc) is 2.86. The Morgan fingerprint density at radius 3 is 1.28 bits per heavy atom. The van der Waals surface area contributed by atoms with E-state index in [1.54, 1.807) is 6.92 Å². The largest absolute Gasteiger partial charge is 0.507 e. The second kappa shape index (κ2) is 6.40. The Bertz CT molecular complexity index is 2530. The molecule has 0 aliphatic heterocycles. The first kappa shape index (κ1) is 21.8. The van der Waals surface area contributed by atoms with Crippen molar-refractivity contribution in [3.05, 3.63) is 55.8 Å². The predicted octanol–water partition coefficient (Wildman–Crippen LogP) is 4.26. The van der Waals surface area contributed by atoms with Crippen molar-refractivity contribution in [3.63, 3.8) is 0 Å². The minimum Gasteiger partial charge on any atom is -0.507 e. The van der Waals surface area contributed by atoms with Gasteiger partial charge < -0.3 is 35.7 Å². The molecule has 0 saturated carbocycles. The SMILES string of the molecule is Cc1cc(O)c2c(O)c3c(O)cc(=O)c4c5c(=O)cc(O)c6c(O)c7c(O)cc(CO)c8c1c2c(c34)c(c78)c65. The van der Waals surface area contributed by atoms with Gasteiger partial charge >= 0.3 is 0 Å². The van der Waals surface area contributed by atoms with Gasteiger partial charge in [0.25, 0.3) is 0 Å². The number of benzene rings is 8. The predicted molar refractivity (Wildman–Crippen MR) is 147 cm³/mol. The van der Waals surface area contributed by atoms with Crippen LogP contribution in [-0.4, -0.2) is 35.7 Å². The third-order valence-electron chi connectivity index (χ3n) is 8.30. The summed E-state index contributed by atoms with van der Waals surface area (Å²) in [5.74, 6) is -2.85. The molecule has 0 saturated heterocycles. The average molecular weight is 520 g/mol. The number of hydrogen-bond acceptors (Lipinski definition) is 9. The quantitative estimate of drug-likeness (QED) is 0.123. The fraction of sp³-hybridized carbons (Fsp3) is 0.0667. The highest BCUT2D eigenvalue weighted by molar-refractivity contribution is 6.51. The van der Waals surface area contributed by atoms with Crippen molar-refractivity contribution in [2.75, 3.05) is 0 Å². The highest BCUT2D eigenvalue weighted by Gasteiger charge is 2.33. The number of hydrogen-bond donors (Lipinski definition) is 7. The van der Waals surface area contributed by atoms with Crippen molar-refractivity contribution in [2.24, 2.45) is 0 Å². The normalized spacial score (nSPS) is 12.8. The van der Waals surface area contributed by atoms with Gasteiger partial charge in [0.05, 0.1) is 28.2 Å². The molecule has 8 rings (SSSR count). The molecule has 0 bridgehead atoms. The van der Waals surface area contributed by atoms with Crippen LogP contribution in [0.15, 0.2) is 33.9 Å². The molecule has 0 aliphatic rings. The summed E-state index contributed by atoms with van der Waals surface area (Å²) in [5.41, 5.74) is -0.658. The summed E-state index contributed by atoms with van der Waals surface area (Å²) in [7, 11) is 0. The Kier molecular flexibility index (Phi) is 3.57.